The first kappa shape index (κ1) is 9.81. The van der Waals surface area contributed by atoms with Gasteiger partial charge in [-0.25, -0.2) is 0 Å². The van der Waals surface area contributed by atoms with Crippen molar-refractivity contribution >= 4 is 11.6 Å². The Labute approximate surface area is 89.0 Å². The molecule has 0 unspecified atom stereocenters. The summed E-state index contributed by atoms with van der Waals surface area (Å²) in [7, 11) is 1.63. The van der Waals surface area contributed by atoms with Crippen molar-refractivity contribution in [3.63, 3.8) is 0 Å². The number of halogens is 1. The van der Waals surface area contributed by atoms with Gasteiger partial charge < -0.3 is 10.5 Å². The molecule has 0 bridgehead atoms. The second-order valence-corrected chi connectivity index (χ2v) is 4.35. The fourth-order valence-electron chi connectivity index (χ4n) is 1.57. The van der Waals surface area contributed by atoms with E-state index in [-0.39, 0.29) is 5.54 Å². The highest BCUT2D eigenvalue weighted by Gasteiger charge is 2.38. The summed E-state index contributed by atoms with van der Waals surface area (Å²) in [6.45, 7) is 0. The number of hydrogen-bond acceptors (Lipinski definition) is 2. The molecule has 2 rings (SSSR count). The van der Waals surface area contributed by atoms with E-state index in [2.05, 4.69) is 0 Å². The average Bonchev–Trinajstić information content (AvgIpc) is 2.88. The summed E-state index contributed by atoms with van der Waals surface area (Å²) in [5.74, 6) is 0.730. The number of ether oxygens (including phenoxy) is 1. The first-order valence-electron chi connectivity index (χ1n) is 4.75. The zero-order valence-corrected chi connectivity index (χ0v) is 8.97. The first-order chi connectivity index (χ1) is 6.64. The summed E-state index contributed by atoms with van der Waals surface area (Å²) < 4.78 is 5.15. The van der Waals surface area contributed by atoms with Crippen LogP contribution in [0.15, 0.2) is 18.2 Å². The Morgan fingerprint density at radius 1 is 1.50 bits per heavy atom. The number of benzene rings is 1. The van der Waals surface area contributed by atoms with Gasteiger partial charge in [0.2, 0.25) is 0 Å². The highest BCUT2D eigenvalue weighted by atomic mass is 35.5. The zero-order chi connectivity index (χ0) is 10.2. The normalized spacial score (nSPS) is 17.9. The van der Waals surface area contributed by atoms with Crippen LogP contribution in [-0.2, 0) is 6.42 Å². The van der Waals surface area contributed by atoms with E-state index in [0.29, 0.717) is 5.02 Å². The van der Waals surface area contributed by atoms with Crippen molar-refractivity contribution in [1.82, 2.24) is 0 Å². The van der Waals surface area contributed by atoms with Gasteiger partial charge in [0.1, 0.15) is 5.75 Å². The molecule has 1 aromatic carbocycles. The van der Waals surface area contributed by atoms with Crippen molar-refractivity contribution in [3.05, 3.63) is 28.8 Å². The molecule has 1 aliphatic rings. The largest absolute Gasteiger partial charge is 0.495 e. The van der Waals surface area contributed by atoms with Crippen LogP contribution >= 0.6 is 11.6 Å². The summed E-state index contributed by atoms with van der Waals surface area (Å²) in [6.07, 6.45) is 3.05. The molecule has 76 valence electrons. The van der Waals surface area contributed by atoms with Crippen LogP contribution in [0.25, 0.3) is 0 Å². The molecule has 0 heterocycles. The van der Waals surface area contributed by atoms with Crippen LogP contribution in [0.5, 0.6) is 5.75 Å². The quantitative estimate of drug-likeness (QED) is 0.833. The Bertz CT molecular complexity index is 347. The molecule has 0 saturated heterocycles. The highest BCUT2D eigenvalue weighted by Crippen LogP contribution is 2.39. The summed E-state index contributed by atoms with van der Waals surface area (Å²) in [4.78, 5) is 0. The van der Waals surface area contributed by atoms with Gasteiger partial charge in [0.05, 0.1) is 12.1 Å². The summed E-state index contributed by atoms with van der Waals surface area (Å²) in [6, 6.07) is 5.82. The topological polar surface area (TPSA) is 35.2 Å². The third-order valence-electron chi connectivity index (χ3n) is 2.70. The number of methoxy groups -OCH3 is 1. The molecule has 2 nitrogen and oxygen atoms in total. The molecule has 0 atom stereocenters. The highest BCUT2D eigenvalue weighted by molar-refractivity contribution is 6.32. The molecule has 1 aliphatic carbocycles. The molecule has 0 radical (unpaired) electrons. The number of rotatable bonds is 3. The Balaban J connectivity index is 2.24. The Hall–Kier alpha value is -0.730. The van der Waals surface area contributed by atoms with Gasteiger partial charge in [-0.1, -0.05) is 23.7 Å². The molecule has 0 aromatic heterocycles. The van der Waals surface area contributed by atoms with Crippen molar-refractivity contribution < 1.29 is 4.74 Å². The third-order valence-corrected chi connectivity index (χ3v) is 3.13. The molecule has 1 fully saturated rings. The molecule has 14 heavy (non-hydrogen) atoms. The van der Waals surface area contributed by atoms with Gasteiger partial charge in [0, 0.05) is 5.54 Å². The van der Waals surface area contributed by atoms with E-state index in [1.807, 2.05) is 18.2 Å². The predicted octanol–water partition coefficient (Wildman–Crippen LogP) is 2.38. The maximum absolute atomic E-state index is 6.16. The minimum atomic E-state index is -0.00396. The fraction of sp³-hybridized carbons (Fsp3) is 0.455. The molecule has 1 aromatic rings. The van der Waals surface area contributed by atoms with E-state index in [1.165, 1.54) is 0 Å². The molecular weight excluding hydrogens is 198 g/mol. The van der Waals surface area contributed by atoms with E-state index in [0.717, 1.165) is 30.6 Å². The van der Waals surface area contributed by atoms with Crippen LogP contribution < -0.4 is 10.5 Å². The van der Waals surface area contributed by atoms with Crippen LogP contribution in [0.2, 0.25) is 5.02 Å². The number of nitrogens with two attached hydrogens (primary N) is 1. The second-order valence-electron chi connectivity index (χ2n) is 3.97. The second kappa shape index (κ2) is 3.44. The predicted molar refractivity (Wildman–Crippen MR) is 57.9 cm³/mol. The maximum Gasteiger partial charge on any atom is 0.137 e. The van der Waals surface area contributed by atoms with Gasteiger partial charge in [-0.2, -0.15) is 0 Å². The molecule has 0 aliphatic heterocycles. The third kappa shape index (κ3) is 1.86. The van der Waals surface area contributed by atoms with Crippen molar-refractivity contribution in [2.75, 3.05) is 7.11 Å². The maximum atomic E-state index is 6.16. The van der Waals surface area contributed by atoms with Gasteiger partial charge in [0.15, 0.2) is 0 Å². The van der Waals surface area contributed by atoms with Crippen molar-refractivity contribution in [1.29, 1.82) is 0 Å². The van der Waals surface area contributed by atoms with Crippen molar-refractivity contribution in [2.24, 2.45) is 5.73 Å². The van der Waals surface area contributed by atoms with E-state index >= 15 is 0 Å². The van der Waals surface area contributed by atoms with Crippen LogP contribution in [0.4, 0.5) is 0 Å². The van der Waals surface area contributed by atoms with Crippen molar-refractivity contribution in [3.8, 4) is 5.75 Å². The Kier molecular flexibility index (Phi) is 2.41. The summed E-state index contributed by atoms with van der Waals surface area (Å²) in [5.41, 5.74) is 7.12. The van der Waals surface area contributed by atoms with Gasteiger partial charge in [-0.15, -0.1) is 0 Å². The van der Waals surface area contributed by atoms with Crippen LogP contribution in [0.3, 0.4) is 0 Å². The number of hydrogen-bond donors (Lipinski definition) is 1. The fourth-order valence-corrected chi connectivity index (χ4v) is 1.84. The average molecular weight is 212 g/mol. The Morgan fingerprint density at radius 3 is 2.79 bits per heavy atom. The molecule has 3 heteroatoms. The van der Waals surface area contributed by atoms with E-state index in [9.17, 15) is 0 Å². The summed E-state index contributed by atoms with van der Waals surface area (Å²) >= 11 is 6.16. The van der Waals surface area contributed by atoms with E-state index in [1.54, 1.807) is 7.11 Å². The summed E-state index contributed by atoms with van der Waals surface area (Å²) in [5, 5.41) is 0.701. The molecular formula is C11H14ClNO. The van der Waals surface area contributed by atoms with Gasteiger partial charge >= 0.3 is 0 Å². The van der Waals surface area contributed by atoms with E-state index in [4.69, 9.17) is 22.1 Å². The zero-order valence-electron chi connectivity index (χ0n) is 8.22. The Morgan fingerprint density at radius 2 is 2.21 bits per heavy atom. The van der Waals surface area contributed by atoms with Gasteiger partial charge in [-0.3, -0.25) is 0 Å². The SMILES string of the molecule is COc1cccc(CC2(N)CC2)c1Cl. The lowest BCUT2D eigenvalue weighted by atomic mass is 10.0. The molecule has 1 saturated carbocycles. The smallest absolute Gasteiger partial charge is 0.137 e. The molecule has 0 amide bonds. The molecule has 0 spiro atoms. The van der Waals surface area contributed by atoms with Crippen LogP contribution in [0, 0.1) is 0 Å². The molecule has 2 N–H and O–H groups in total. The van der Waals surface area contributed by atoms with Gasteiger partial charge in [-0.05, 0) is 30.9 Å². The standard InChI is InChI=1S/C11H14ClNO/c1-14-9-4-2-3-8(10(9)12)7-11(13)5-6-11/h2-4H,5-7,13H2,1H3. The first-order valence-corrected chi connectivity index (χ1v) is 5.13. The van der Waals surface area contributed by atoms with Crippen molar-refractivity contribution in [2.45, 2.75) is 24.8 Å². The minimum Gasteiger partial charge on any atom is -0.495 e. The van der Waals surface area contributed by atoms with Crippen LogP contribution in [-0.4, -0.2) is 12.6 Å². The van der Waals surface area contributed by atoms with Gasteiger partial charge in [0.25, 0.3) is 0 Å². The minimum absolute atomic E-state index is 0.00396. The van der Waals surface area contributed by atoms with E-state index < -0.39 is 0 Å². The lowest BCUT2D eigenvalue weighted by molar-refractivity contribution is 0.414. The van der Waals surface area contributed by atoms with Crippen LogP contribution in [0.1, 0.15) is 18.4 Å². The lowest BCUT2D eigenvalue weighted by Gasteiger charge is -2.12. The monoisotopic (exact) mass is 211 g/mol. The lowest BCUT2D eigenvalue weighted by Crippen LogP contribution is -2.24.